The molecule has 0 bridgehead atoms. The van der Waals surface area contributed by atoms with E-state index in [4.69, 9.17) is 14.6 Å². The molecule has 0 heterocycles. The van der Waals surface area contributed by atoms with Crippen molar-refractivity contribution in [3.63, 3.8) is 0 Å². The Bertz CT molecular complexity index is 333. The summed E-state index contributed by atoms with van der Waals surface area (Å²) < 4.78 is 9.63. The standard InChI is InChI=1S/C11H19NO6/c1-6(17-7(2)13)8(9(14)15)12-10(16)18-11(3,4)5/h6,8H,1-5H3,(H,12,16)(H,14,15). The van der Waals surface area contributed by atoms with Crippen molar-refractivity contribution in [1.82, 2.24) is 5.32 Å². The van der Waals surface area contributed by atoms with Gasteiger partial charge in [-0.15, -0.1) is 0 Å². The molecule has 0 saturated carbocycles. The molecule has 7 nitrogen and oxygen atoms in total. The smallest absolute Gasteiger partial charge is 0.408 e. The van der Waals surface area contributed by atoms with Gasteiger partial charge in [-0.1, -0.05) is 0 Å². The van der Waals surface area contributed by atoms with Gasteiger partial charge in [0.2, 0.25) is 0 Å². The fourth-order valence-electron chi connectivity index (χ4n) is 1.14. The minimum absolute atomic E-state index is 0.625. The van der Waals surface area contributed by atoms with Crippen LogP contribution in [-0.2, 0) is 19.1 Å². The molecule has 0 aliphatic heterocycles. The van der Waals surface area contributed by atoms with Gasteiger partial charge in [0, 0.05) is 6.92 Å². The molecule has 0 aromatic heterocycles. The van der Waals surface area contributed by atoms with Crippen LogP contribution in [0.4, 0.5) is 4.79 Å². The number of hydrogen-bond donors (Lipinski definition) is 2. The lowest BCUT2D eigenvalue weighted by molar-refractivity contribution is -0.152. The van der Waals surface area contributed by atoms with E-state index in [1.807, 2.05) is 0 Å². The first-order valence-corrected chi connectivity index (χ1v) is 5.42. The third-order valence-corrected chi connectivity index (χ3v) is 1.76. The number of alkyl carbamates (subject to hydrolysis) is 1. The second-order valence-electron chi connectivity index (χ2n) is 4.78. The summed E-state index contributed by atoms with van der Waals surface area (Å²) in [6.45, 7) is 7.48. The summed E-state index contributed by atoms with van der Waals surface area (Å²) in [4.78, 5) is 33.1. The van der Waals surface area contributed by atoms with Crippen molar-refractivity contribution in [2.75, 3.05) is 0 Å². The van der Waals surface area contributed by atoms with Gasteiger partial charge >= 0.3 is 18.0 Å². The Labute approximate surface area is 105 Å². The maximum absolute atomic E-state index is 11.4. The summed E-state index contributed by atoms with van der Waals surface area (Å²) in [6.07, 6.45) is -1.87. The maximum Gasteiger partial charge on any atom is 0.408 e. The summed E-state index contributed by atoms with van der Waals surface area (Å²) in [5, 5.41) is 11.1. The SMILES string of the molecule is CC(=O)OC(C)C(NC(=O)OC(C)(C)C)C(=O)O. The number of ether oxygens (including phenoxy) is 2. The van der Waals surface area contributed by atoms with Crippen LogP contribution in [0.5, 0.6) is 0 Å². The van der Waals surface area contributed by atoms with E-state index < -0.39 is 35.8 Å². The van der Waals surface area contributed by atoms with E-state index in [0.717, 1.165) is 6.92 Å². The zero-order valence-electron chi connectivity index (χ0n) is 11.1. The number of carbonyl (C=O) groups is 3. The highest BCUT2D eigenvalue weighted by Gasteiger charge is 2.30. The lowest BCUT2D eigenvalue weighted by Gasteiger charge is -2.24. The van der Waals surface area contributed by atoms with Crippen molar-refractivity contribution in [2.24, 2.45) is 0 Å². The number of esters is 1. The number of nitrogens with one attached hydrogen (secondary N) is 1. The lowest BCUT2D eigenvalue weighted by Crippen LogP contribution is -2.50. The fourth-order valence-corrected chi connectivity index (χ4v) is 1.14. The van der Waals surface area contributed by atoms with Crippen LogP contribution in [0.15, 0.2) is 0 Å². The molecule has 0 fully saturated rings. The first kappa shape index (κ1) is 16.2. The van der Waals surface area contributed by atoms with Crippen molar-refractivity contribution >= 4 is 18.0 Å². The Hall–Kier alpha value is -1.79. The number of carboxylic acid groups (broad SMARTS) is 1. The van der Waals surface area contributed by atoms with Gasteiger partial charge in [0.05, 0.1) is 0 Å². The van der Waals surface area contributed by atoms with E-state index in [1.165, 1.54) is 6.92 Å². The largest absolute Gasteiger partial charge is 0.480 e. The molecule has 2 atom stereocenters. The maximum atomic E-state index is 11.4. The topological polar surface area (TPSA) is 102 Å². The van der Waals surface area contributed by atoms with Crippen molar-refractivity contribution in [1.29, 1.82) is 0 Å². The van der Waals surface area contributed by atoms with Gasteiger partial charge in [-0.2, -0.15) is 0 Å². The molecule has 0 radical (unpaired) electrons. The highest BCUT2D eigenvalue weighted by Crippen LogP contribution is 2.08. The van der Waals surface area contributed by atoms with Crippen molar-refractivity contribution in [2.45, 2.75) is 52.4 Å². The molecule has 104 valence electrons. The molecule has 0 aromatic rings. The minimum atomic E-state index is -1.36. The van der Waals surface area contributed by atoms with Crippen LogP contribution >= 0.6 is 0 Å². The van der Waals surface area contributed by atoms with Crippen molar-refractivity contribution in [3.05, 3.63) is 0 Å². The quantitative estimate of drug-likeness (QED) is 0.729. The van der Waals surface area contributed by atoms with E-state index >= 15 is 0 Å². The Kier molecular flexibility index (Phi) is 5.61. The number of carboxylic acids is 1. The van der Waals surface area contributed by atoms with Gasteiger partial charge in [-0.05, 0) is 27.7 Å². The van der Waals surface area contributed by atoms with Crippen molar-refractivity contribution < 1.29 is 29.0 Å². The molecule has 0 saturated heterocycles. The minimum Gasteiger partial charge on any atom is -0.480 e. The Morgan fingerprint density at radius 1 is 1.22 bits per heavy atom. The molecule has 2 N–H and O–H groups in total. The highest BCUT2D eigenvalue weighted by molar-refractivity contribution is 5.81. The molecular weight excluding hydrogens is 242 g/mol. The summed E-state index contributed by atoms with van der Waals surface area (Å²) in [6, 6.07) is -1.36. The van der Waals surface area contributed by atoms with Gasteiger partial charge < -0.3 is 19.9 Å². The molecule has 0 rings (SSSR count). The Morgan fingerprint density at radius 3 is 2.06 bits per heavy atom. The first-order chi connectivity index (χ1) is 8.03. The van der Waals surface area contributed by atoms with Crippen LogP contribution in [0, 0.1) is 0 Å². The van der Waals surface area contributed by atoms with Crippen LogP contribution in [0.3, 0.4) is 0 Å². The van der Waals surface area contributed by atoms with Crippen LogP contribution in [0.25, 0.3) is 0 Å². The Balaban J connectivity index is 4.59. The van der Waals surface area contributed by atoms with E-state index in [0.29, 0.717) is 0 Å². The average molecular weight is 261 g/mol. The van der Waals surface area contributed by atoms with Gasteiger partial charge in [0.15, 0.2) is 6.04 Å². The highest BCUT2D eigenvalue weighted by atomic mass is 16.6. The van der Waals surface area contributed by atoms with Crippen LogP contribution < -0.4 is 5.32 Å². The zero-order valence-corrected chi connectivity index (χ0v) is 11.1. The van der Waals surface area contributed by atoms with E-state index in [1.54, 1.807) is 20.8 Å². The second-order valence-corrected chi connectivity index (χ2v) is 4.78. The van der Waals surface area contributed by atoms with Crippen molar-refractivity contribution in [3.8, 4) is 0 Å². The van der Waals surface area contributed by atoms with Crippen LogP contribution in [-0.4, -0.2) is 40.9 Å². The molecule has 0 aliphatic rings. The average Bonchev–Trinajstić information content (AvgIpc) is 2.09. The molecule has 2 unspecified atom stereocenters. The monoisotopic (exact) mass is 261 g/mol. The molecule has 1 amide bonds. The summed E-state index contributed by atoms with van der Waals surface area (Å²) in [5.74, 6) is -1.94. The molecule has 0 aromatic carbocycles. The van der Waals surface area contributed by atoms with Gasteiger partial charge in [-0.25, -0.2) is 9.59 Å². The van der Waals surface area contributed by atoms with Crippen LogP contribution in [0.1, 0.15) is 34.6 Å². The van der Waals surface area contributed by atoms with E-state index in [-0.39, 0.29) is 0 Å². The third-order valence-electron chi connectivity index (χ3n) is 1.76. The molecule has 18 heavy (non-hydrogen) atoms. The van der Waals surface area contributed by atoms with Gasteiger partial charge in [0.1, 0.15) is 11.7 Å². The van der Waals surface area contributed by atoms with E-state index in [2.05, 4.69) is 5.32 Å². The fraction of sp³-hybridized carbons (Fsp3) is 0.727. The number of aliphatic carboxylic acids is 1. The molecule has 0 spiro atoms. The lowest BCUT2D eigenvalue weighted by atomic mass is 10.2. The predicted octanol–water partition coefficient (Wildman–Crippen LogP) is 0.916. The van der Waals surface area contributed by atoms with Gasteiger partial charge in [0.25, 0.3) is 0 Å². The van der Waals surface area contributed by atoms with Gasteiger partial charge in [-0.3, -0.25) is 4.79 Å². The summed E-state index contributed by atoms with van der Waals surface area (Å²) in [7, 11) is 0. The summed E-state index contributed by atoms with van der Waals surface area (Å²) in [5.41, 5.74) is -0.738. The predicted molar refractivity (Wildman–Crippen MR) is 62.0 cm³/mol. The first-order valence-electron chi connectivity index (χ1n) is 5.42. The molecule has 0 aliphatic carbocycles. The number of carbonyl (C=O) groups excluding carboxylic acids is 2. The number of amides is 1. The molecule has 7 heteroatoms. The second kappa shape index (κ2) is 6.23. The number of rotatable bonds is 4. The van der Waals surface area contributed by atoms with Crippen LogP contribution in [0.2, 0.25) is 0 Å². The summed E-state index contributed by atoms with van der Waals surface area (Å²) >= 11 is 0. The normalized spacial score (nSPS) is 14.3. The zero-order chi connectivity index (χ0) is 14.5. The Morgan fingerprint density at radius 2 is 1.72 bits per heavy atom. The third kappa shape index (κ3) is 6.72. The van der Waals surface area contributed by atoms with E-state index in [9.17, 15) is 14.4 Å². The molecular formula is C11H19NO6. The number of hydrogen-bond acceptors (Lipinski definition) is 5.